The summed E-state index contributed by atoms with van der Waals surface area (Å²) in [5, 5.41) is 0. The molecule has 0 aromatic carbocycles. The Morgan fingerprint density at radius 1 is 1.14 bits per heavy atom. The number of likely N-dealkylation sites (tertiary alicyclic amines) is 1. The van der Waals surface area contributed by atoms with Gasteiger partial charge in [0.25, 0.3) is 0 Å². The van der Waals surface area contributed by atoms with Crippen molar-refractivity contribution in [2.24, 2.45) is 0 Å². The third kappa shape index (κ3) is 2.29. The van der Waals surface area contributed by atoms with Crippen LogP contribution in [0.5, 0.6) is 0 Å². The van der Waals surface area contributed by atoms with Crippen molar-refractivity contribution in [1.29, 1.82) is 0 Å². The molecule has 0 aromatic heterocycles. The van der Waals surface area contributed by atoms with Crippen LogP contribution in [0.3, 0.4) is 0 Å². The van der Waals surface area contributed by atoms with Gasteiger partial charge in [0.1, 0.15) is 0 Å². The molecule has 0 spiro atoms. The van der Waals surface area contributed by atoms with Crippen LogP contribution in [0.2, 0.25) is 0 Å². The van der Waals surface area contributed by atoms with E-state index in [1.807, 2.05) is 0 Å². The lowest BCUT2D eigenvalue weighted by Crippen LogP contribution is -2.49. The molecule has 0 amide bonds. The molecule has 2 nitrogen and oxygen atoms in total. The Morgan fingerprint density at radius 3 is 2.21 bits per heavy atom. The van der Waals surface area contributed by atoms with Gasteiger partial charge in [0.15, 0.2) is 0 Å². The average Bonchev–Trinajstić information content (AvgIpc) is 2.45. The second-order valence-electron chi connectivity index (χ2n) is 5.19. The van der Waals surface area contributed by atoms with Crippen LogP contribution in [0.25, 0.3) is 0 Å². The van der Waals surface area contributed by atoms with Gasteiger partial charge in [-0.1, -0.05) is 12.8 Å². The van der Waals surface area contributed by atoms with Gasteiger partial charge in [0, 0.05) is 6.54 Å². The SMILES string of the molecule is CC(C)OC1(CN2CCC2)CCCC1. The van der Waals surface area contributed by atoms with Gasteiger partial charge < -0.3 is 9.64 Å². The minimum Gasteiger partial charge on any atom is -0.371 e. The highest BCUT2D eigenvalue weighted by Gasteiger charge is 2.38. The van der Waals surface area contributed by atoms with E-state index in [1.165, 1.54) is 51.7 Å². The Kier molecular flexibility index (Phi) is 3.13. The fourth-order valence-corrected chi connectivity index (χ4v) is 2.78. The van der Waals surface area contributed by atoms with E-state index in [-0.39, 0.29) is 5.60 Å². The van der Waals surface area contributed by atoms with Gasteiger partial charge in [-0.15, -0.1) is 0 Å². The van der Waals surface area contributed by atoms with Gasteiger partial charge in [-0.05, 0) is 46.2 Å². The van der Waals surface area contributed by atoms with Gasteiger partial charge in [-0.2, -0.15) is 0 Å². The van der Waals surface area contributed by atoms with Crippen molar-refractivity contribution in [3.8, 4) is 0 Å². The van der Waals surface area contributed by atoms with Crippen molar-refractivity contribution in [2.45, 2.75) is 57.7 Å². The summed E-state index contributed by atoms with van der Waals surface area (Å²) in [5.74, 6) is 0. The largest absolute Gasteiger partial charge is 0.371 e. The number of ether oxygens (including phenoxy) is 1. The van der Waals surface area contributed by atoms with Crippen LogP contribution in [-0.2, 0) is 4.74 Å². The summed E-state index contributed by atoms with van der Waals surface area (Å²) in [7, 11) is 0. The van der Waals surface area contributed by atoms with Crippen LogP contribution in [0, 0.1) is 0 Å². The van der Waals surface area contributed by atoms with Gasteiger partial charge in [0.2, 0.25) is 0 Å². The third-order valence-corrected chi connectivity index (χ3v) is 3.46. The minimum absolute atomic E-state index is 0.217. The Hall–Kier alpha value is -0.0800. The molecule has 2 rings (SSSR count). The molecule has 0 N–H and O–H groups in total. The van der Waals surface area contributed by atoms with Crippen LogP contribution < -0.4 is 0 Å². The van der Waals surface area contributed by atoms with Gasteiger partial charge in [-0.3, -0.25) is 0 Å². The van der Waals surface area contributed by atoms with E-state index in [1.54, 1.807) is 0 Å². The lowest BCUT2D eigenvalue weighted by atomic mass is 9.99. The molecule has 14 heavy (non-hydrogen) atoms. The highest BCUT2D eigenvalue weighted by Crippen LogP contribution is 2.35. The predicted octanol–water partition coefficient (Wildman–Crippen LogP) is 2.43. The van der Waals surface area contributed by atoms with Crippen LogP contribution in [-0.4, -0.2) is 36.2 Å². The molecule has 1 aliphatic carbocycles. The zero-order valence-corrected chi connectivity index (χ0v) is 9.59. The Balaban J connectivity index is 1.90. The number of hydrogen-bond acceptors (Lipinski definition) is 2. The van der Waals surface area contributed by atoms with Gasteiger partial charge >= 0.3 is 0 Å². The summed E-state index contributed by atoms with van der Waals surface area (Å²) in [6, 6.07) is 0. The van der Waals surface area contributed by atoms with E-state index in [2.05, 4.69) is 18.7 Å². The zero-order valence-electron chi connectivity index (χ0n) is 9.59. The lowest BCUT2D eigenvalue weighted by molar-refractivity contribution is -0.0993. The molecule has 0 aromatic rings. The van der Waals surface area contributed by atoms with Crippen molar-refractivity contribution in [3.05, 3.63) is 0 Å². The van der Waals surface area contributed by atoms with Crippen LogP contribution >= 0.6 is 0 Å². The third-order valence-electron chi connectivity index (χ3n) is 3.46. The Bertz CT molecular complexity index is 181. The number of hydrogen-bond donors (Lipinski definition) is 0. The first-order valence-corrected chi connectivity index (χ1v) is 6.10. The smallest absolute Gasteiger partial charge is 0.0812 e. The topological polar surface area (TPSA) is 12.5 Å². The molecule has 82 valence electrons. The highest BCUT2D eigenvalue weighted by molar-refractivity contribution is 4.91. The molecule has 1 heterocycles. The maximum Gasteiger partial charge on any atom is 0.0812 e. The minimum atomic E-state index is 0.217. The normalized spacial score (nSPS) is 26.8. The van der Waals surface area contributed by atoms with E-state index in [9.17, 15) is 0 Å². The maximum absolute atomic E-state index is 6.16. The number of nitrogens with zero attached hydrogens (tertiary/aromatic N) is 1. The summed E-state index contributed by atoms with van der Waals surface area (Å²) < 4.78 is 6.16. The second kappa shape index (κ2) is 4.19. The summed E-state index contributed by atoms with van der Waals surface area (Å²) >= 11 is 0. The van der Waals surface area contributed by atoms with E-state index < -0.39 is 0 Å². The second-order valence-corrected chi connectivity index (χ2v) is 5.19. The fraction of sp³-hybridized carbons (Fsp3) is 1.00. The molecule has 0 radical (unpaired) electrons. The van der Waals surface area contributed by atoms with E-state index >= 15 is 0 Å². The van der Waals surface area contributed by atoms with Crippen molar-refractivity contribution in [3.63, 3.8) is 0 Å². The Labute approximate surface area is 87.6 Å². The van der Waals surface area contributed by atoms with Crippen molar-refractivity contribution in [1.82, 2.24) is 4.90 Å². The molecule has 0 atom stereocenters. The molecule has 0 bridgehead atoms. The molecule has 2 aliphatic rings. The Morgan fingerprint density at radius 2 is 1.79 bits per heavy atom. The molecule has 2 fully saturated rings. The molecule has 1 saturated heterocycles. The van der Waals surface area contributed by atoms with Crippen LogP contribution in [0.15, 0.2) is 0 Å². The van der Waals surface area contributed by atoms with Crippen molar-refractivity contribution < 1.29 is 4.74 Å². The predicted molar refractivity (Wildman–Crippen MR) is 58.5 cm³/mol. The molecule has 2 heteroatoms. The zero-order chi connectivity index (χ0) is 10.0. The highest BCUT2D eigenvalue weighted by atomic mass is 16.5. The molecule has 1 saturated carbocycles. The first-order valence-electron chi connectivity index (χ1n) is 6.10. The van der Waals surface area contributed by atoms with E-state index in [0.29, 0.717) is 6.10 Å². The lowest BCUT2D eigenvalue weighted by Gasteiger charge is -2.40. The molecule has 1 aliphatic heterocycles. The molecular weight excluding hydrogens is 174 g/mol. The summed E-state index contributed by atoms with van der Waals surface area (Å²) in [6.45, 7) is 8.10. The standard InChI is InChI=1S/C12H23NO/c1-11(2)14-12(6-3-4-7-12)10-13-8-5-9-13/h11H,3-10H2,1-2H3. The molecule has 0 unspecified atom stereocenters. The molecular formula is C12H23NO. The summed E-state index contributed by atoms with van der Waals surface area (Å²) in [5.41, 5.74) is 0.217. The van der Waals surface area contributed by atoms with E-state index in [4.69, 9.17) is 4.74 Å². The number of rotatable bonds is 4. The summed E-state index contributed by atoms with van der Waals surface area (Å²) in [4.78, 5) is 2.55. The quantitative estimate of drug-likeness (QED) is 0.686. The first-order chi connectivity index (χ1) is 6.70. The first kappa shape index (κ1) is 10.4. The monoisotopic (exact) mass is 197 g/mol. The van der Waals surface area contributed by atoms with Crippen LogP contribution in [0.4, 0.5) is 0 Å². The van der Waals surface area contributed by atoms with Crippen LogP contribution in [0.1, 0.15) is 46.0 Å². The van der Waals surface area contributed by atoms with Crippen molar-refractivity contribution >= 4 is 0 Å². The summed E-state index contributed by atoms with van der Waals surface area (Å²) in [6.07, 6.45) is 7.05. The van der Waals surface area contributed by atoms with E-state index in [0.717, 1.165) is 0 Å². The maximum atomic E-state index is 6.16. The van der Waals surface area contributed by atoms with Crippen molar-refractivity contribution in [2.75, 3.05) is 19.6 Å². The van der Waals surface area contributed by atoms with Gasteiger partial charge in [0.05, 0.1) is 11.7 Å². The average molecular weight is 197 g/mol. The van der Waals surface area contributed by atoms with Gasteiger partial charge in [-0.25, -0.2) is 0 Å². The fourth-order valence-electron chi connectivity index (χ4n) is 2.78.